The molecule has 4 rings (SSSR count). The van der Waals surface area contributed by atoms with Gasteiger partial charge in [0, 0.05) is 18.3 Å². The van der Waals surface area contributed by atoms with Crippen molar-refractivity contribution in [3.63, 3.8) is 0 Å². The van der Waals surface area contributed by atoms with Crippen molar-refractivity contribution in [3.8, 4) is 17.2 Å². The number of hydrogen-bond acceptors (Lipinski definition) is 6. The van der Waals surface area contributed by atoms with Crippen molar-refractivity contribution in [1.82, 2.24) is 4.90 Å². The highest BCUT2D eigenvalue weighted by Gasteiger charge is 2.39. The molecule has 33 heavy (non-hydrogen) atoms. The van der Waals surface area contributed by atoms with Crippen LogP contribution in [-0.4, -0.2) is 36.7 Å². The minimum absolute atomic E-state index is 0.169. The van der Waals surface area contributed by atoms with Crippen LogP contribution in [-0.2, 0) is 9.59 Å². The molecule has 7 nitrogen and oxygen atoms in total. The lowest BCUT2D eigenvalue weighted by Gasteiger charge is -2.15. The first kappa shape index (κ1) is 22.7. The average Bonchev–Trinajstić information content (AvgIpc) is 3.38. The summed E-state index contributed by atoms with van der Waals surface area (Å²) in [6.07, 6.45) is 4.86. The molecule has 0 spiro atoms. The van der Waals surface area contributed by atoms with E-state index in [0.29, 0.717) is 41.5 Å². The van der Waals surface area contributed by atoms with Crippen molar-refractivity contribution in [2.75, 3.05) is 25.3 Å². The number of rotatable bonds is 11. The van der Waals surface area contributed by atoms with Crippen molar-refractivity contribution in [2.24, 2.45) is 0 Å². The summed E-state index contributed by atoms with van der Waals surface area (Å²) in [4.78, 5) is 28.0. The fourth-order valence-electron chi connectivity index (χ4n) is 3.92. The lowest BCUT2D eigenvalue weighted by molar-refractivity contribution is -0.136. The van der Waals surface area contributed by atoms with E-state index in [1.807, 2.05) is 37.3 Å². The van der Waals surface area contributed by atoms with Crippen LogP contribution in [0.2, 0.25) is 0 Å². The molecular formula is C26H30N2O5. The monoisotopic (exact) mass is 450 g/mol. The normalized spacial score (nSPS) is 14.9. The lowest BCUT2D eigenvalue weighted by atomic mass is 10.0. The summed E-state index contributed by atoms with van der Waals surface area (Å²) in [5.74, 6) is 1.41. The number of anilines is 1. The molecule has 7 heteroatoms. The number of unbranched alkanes of at least 4 members (excludes halogenated alkanes) is 3. The van der Waals surface area contributed by atoms with E-state index in [-0.39, 0.29) is 24.3 Å². The molecule has 0 unspecified atom stereocenters. The zero-order chi connectivity index (χ0) is 23.2. The molecule has 2 aliphatic rings. The van der Waals surface area contributed by atoms with Gasteiger partial charge in [-0.15, -0.1) is 0 Å². The maximum absolute atomic E-state index is 13.4. The first-order valence-electron chi connectivity index (χ1n) is 11.6. The maximum atomic E-state index is 13.4. The Morgan fingerprint density at radius 3 is 2.45 bits per heavy atom. The highest BCUT2D eigenvalue weighted by atomic mass is 16.7. The standard InChI is InChI=1S/C26H30N2O5/c1-3-5-6-7-14-28-25(29)23(18-8-11-20(12-9-18)31-15-4-2)24(26(28)30)27-19-10-13-21-22(16-19)33-17-32-21/h8-13,16,27H,3-7,14-15,17H2,1-2H3. The van der Waals surface area contributed by atoms with E-state index in [1.54, 1.807) is 12.1 Å². The molecular weight excluding hydrogens is 420 g/mol. The van der Waals surface area contributed by atoms with Gasteiger partial charge in [-0.05, 0) is 42.7 Å². The minimum Gasteiger partial charge on any atom is -0.494 e. The third kappa shape index (κ3) is 4.97. The number of amides is 2. The number of carbonyl (C=O) groups excluding carboxylic acids is 2. The van der Waals surface area contributed by atoms with Crippen LogP contribution in [0.1, 0.15) is 51.5 Å². The molecule has 0 radical (unpaired) electrons. The molecule has 2 aliphatic heterocycles. The van der Waals surface area contributed by atoms with Crippen LogP contribution in [0.4, 0.5) is 5.69 Å². The number of fused-ring (bicyclic) bond motifs is 1. The van der Waals surface area contributed by atoms with Gasteiger partial charge in [-0.2, -0.15) is 0 Å². The summed E-state index contributed by atoms with van der Waals surface area (Å²) in [5.41, 5.74) is 1.98. The second-order valence-corrected chi connectivity index (χ2v) is 8.14. The van der Waals surface area contributed by atoms with Gasteiger partial charge in [0.05, 0.1) is 12.2 Å². The molecule has 0 fully saturated rings. The van der Waals surface area contributed by atoms with E-state index in [9.17, 15) is 9.59 Å². The molecule has 174 valence electrons. The summed E-state index contributed by atoms with van der Waals surface area (Å²) >= 11 is 0. The Bertz CT molecular complexity index is 1050. The molecule has 2 heterocycles. The molecule has 0 saturated heterocycles. The molecule has 0 aliphatic carbocycles. The van der Waals surface area contributed by atoms with Gasteiger partial charge in [0.2, 0.25) is 6.79 Å². The van der Waals surface area contributed by atoms with E-state index in [4.69, 9.17) is 14.2 Å². The number of hydrogen-bond donors (Lipinski definition) is 1. The quantitative estimate of drug-likeness (QED) is 0.384. The van der Waals surface area contributed by atoms with E-state index < -0.39 is 0 Å². The van der Waals surface area contributed by atoms with Crippen molar-refractivity contribution in [3.05, 3.63) is 53.7 Å². The molecule has 0 aromatic heterocycles. The first-order valence-corrected chi connectivity index (χ1v) is 11.6. The van der Waals surface area contributed by atoms with E-state index in [0.717, 1.165) is 37.9 Å². The summed E-state index contributed by atoms with van der Waals surface area (Å²) < 4.78 is 16.5. The second kappa shape index (κ2) is 10.4. The predicted octanol–water partition coefficient (Wildman–Crippen LogP) is 4.98. The third-order valence-corrected chi connectivity index (χ3v) is 5.66. The Labute approximate surface area is 194 Å². The van der Waals surface area contributed by atoms with Crippen molar-refractivity contribution in [2.45, 2.75) is 46.0 Å². The largest absolute Gasteiger partial charge is 0.494 e. The van der Waals surface area contributed by atoms with Crippen LogP contribution in [0.25, 0.3) is 5.57 Å². The SMILES string of the molecule is CCCCCCN1C(=O)C(Nc2ccc3c(c2)OCO3)=C(c2ccc(OCCC)cc2)C1=O. The van der Waals surface area contributed by atoms with Gasteiger partial charge in [-0.3, -0.25) is 14.5 Å². The number of ether oxygens (including phenoxy) is 3. The van der Waals surface area contributed by atoms with Gasteiger partial charge < -0.3 is 19.5 Å². The molecule has 2 aromatic carbocycles. The molecule has 2 aromatic rings. The first-order chi connectivity index (χ1) is 16.1. The van der Waals surface area contributed by atoms with Gasteiger partial charge in [-0.25, -0.2) is 0 Å². The fraction of sp³-hybridized carbons (Fsp3) is 0.385. The second-order valence-electron chi connectivity index (χ2n) is 8.14. The number of carbonyl (C=O) groups is 2. The summed E-state index contributed by atoms with van der Waals surface area (Å²) in [7, 11) is 0. The Kier molecular flexibility index (Phi) is 7.17. The van der Waals surface area contributed by atoms with Crippen LogP contribution in [0.15, 0.2) is 48.2 Å². The third-order valence-electron chi connectivity index (χ3n) is 5.66. The zero-order valence-corrected chi connectivity index (χ0v) is 19.2. The highest BCUT2D eigenvalue weighted by Crippen LogP contribution is 2.36. The van der Waals surface area contributed by atoms with Crippen LogP contribution < -0.4 is 19.5 Å². The average molecular weight is 451 g/mol. The lowest BCUT2D eigenvalue weighted by Crippen LogP contribution is -2.33. The zero-order valence-electron chi connectivity index (χ0n) is 19.2. The molecule has 0 atom stereocenters. The topological polar surface area (TPSA) is 77.1 Å². The smallest absolute Gasteiger partial charge is 0.278 e. The minimum atomic E-state index is -0.310. The van der Waals surface area contributed by atoms with Crippen LogP contribution in [0.3, 0.4) is 0 Å². The van der Waals surface area contributed by atoms with E-state index in [2.05, 4.69) is 12.2 Å². The van der Waals surface area contributed by atoms with Crippen LogP contribution in [0, 0.1) is 0 Å². The number of imide groups is 1. The number of nitrogens with zero attached hydrogens (tertiary/aromatic N) is 1. The van der Waals surface area contributed by atoms with Crippen LogP contribution in [0.5, 0.6) is 17.2 Å². The Morgan fingerprint density at radius 1 is 0.909 bits per heavy atom. The summed E-state index contributed by atoms with van der Waals surface area (Å²) in [6.45, 7) is 5.38. The van der Waals surface area contributed by atoms with Gasteiger partial charge in [0.15, 0.2) is 11.5 Å². The van der Waals surface area contributed by atoms with Gasteiger partial charge in [0.25, 0.3) is 11.8 Å². The van der Waals surface area contributed by atoms with E-state index >= 15 is 0 Å². The number of nitrogens with one attached hydrogen (secondary N) is 1. The van der Waals surface area contributed by atoms with Crippen LogP contribution >= 0.6 is 0 Å². The van der Waals surface area contributed by atoms with Crippen molar-refractivity contribution in [1.29, 1.82) is 0 Å². The summed E-state index contributed by atoms with van der Waals surface area (Å²) in [6, 6.07) is 12.7. The van der Waals surface area contributed by atoms with Gasteiger partial charge in [0.1, 0.15) is 11.4 Å². The van der Waals surface area contributed by atoms with Crippen molar-refractivity contribution >= 4 is 23.1 Å². The Balaban J connectivity index is 1.62. The fourth-order valence-corrected chi connectivity index (χ4v) is 3.92. The van der Waals surface area contributed by atoms with Crippen molar-refractivity contribution < 1.29 is 23.8 Å². The maximum Gasteiger partial charge on any atom is 0.278 e. The van der Waals surface area contributed by atoms with Gasteiger partial charge in [-0.1, -0.05) is 45.2 Å². The Hall–Kier alpha value is -3.48. The van der Waals surface area contributed by atoms with E-state index in [1.165, 1.54) is 4.90 Å². The number of benzene rings is 2. The predicted molar refractivity (Wildman–Crippen MR) is 126 cm³/mol. The molecule has 1 N–H and O–H groups in total. The molecule has 2 amide bonds. The molecule has 0 bridgehead atoms. The summed E-state index contributed by atoms with van der Waals surface area (Å²) in [5, 5.41) is 3.18. The molecule has 0 saturated carbocycles. The highest BCUT2D eigenvalue weighted by molar-refractivity contribution is 6.36. The van der Waals surface area contributed by atoms with Gasteiger partial charge >= 0.3 is 0 Å². The Morgan fingerprint density at radius 2 is 1.70 bits per heavy atom.